The normalized spacial score (nSPS) is 11.4. The standard InChI is InChI=1S/C12H11ClN2O4S2/c1-6-8(13)4-3-5-9(6)21(18,19)15-12-14-7(2)10(20-12)11(16)17/h3-5H,1-2H3,(H,14,15)(H,16,17). The van der Waals surface area contributed by atoms with Crippen molar-refractivity contribution in [3.63, 3.8) is 0 Å². The lowest BCUT2D eigenvalue weighted by molar-refractivity contribution is 0.0701. The second-order valence-electron chi connectivity index (χ2n) is 4.21. The summed E-state index contributed by atoms with van der Waals surface area (Å²) in [7, 11) is -3.88. The Bertz CT molecular complexity index is 815. The van der Waals surface area contributed by atoms with Crippen molar-refractivity contribution in [2.24, 2.45) is 0 Å². The first kappa shape index (κ1) is 15.7. The molecule has 0 aliphatic heterocycles. The molecule has 1 heterocycles. The van der Waals surface area contributed by atoms with Crippen LogP contribution in [-0.4, -0.2) is 24.5 Å². The first-order valence-corrected chi connectivity index (χ1v) is 8.39. The lowest BCUT2D eigenvalue weighted by Gasteiger charge is -2.08. The minimum atomic E-state index is -3.88. The highest BCUT2D eigenvalue weighted by Crippen LogP contribution is 2.28. The summed E-state index contributed by atoms with van der Waals surface area (Å²) in [5, 5.41) is 9.29. The zero-order chi connectivity index (χ0) is 15.8. The molecule has 0 aliphatic rings. The lowest BCUT2D eigenvalue weighted by Crippen LogP contribution is -2.14. The number of carboxylic acids is 1. The van der Waals surface area contributed by atoms with Crippen molar-refractivity contribution in [3.05, 3.63) is 39.4 Å². The number of nitrogens with zero attached hydrogens (tertiary/aromatic N) is 1. The fourth-order valence-corrected chi connectivity index (χ4v) is 4.23. The number of thiazole rings is 1. The van der Waals surface area contributed by atoms with Crippen LogP contribution in [0.5, 0.6) is 0 Å². The summed E-state index contributed by atoms with van der Waals surface area (Å²) >= 11 is 6.68. The SMILES string of the molecule is Cc1nc(NS(=O)(=O)c2cccc(Cl)c2C)sc1C(=O)O. The van der Waals surface area contributed by atoms with Gasteiger partial charge in [-0.3, -0.25) is 4.72 Å². The molecule has 112 valence electrons. The van der Waals surface area contributed by atoms with E-state index in [1.807, 2.05) is 0 Å². The fraction of sp³-hybridized carbons (Fsp3) is 0.167. The van der Waals surface area contributed by atoms with Gasteiger partial charge in [-0.2, -0.15) is 0 Å². The first-order chi connectivity index (χ1) is 9.72. The minimum absolute atomic E-state index is 0.00396. The zero-order valence-electron chi connectivity index (χ0n) is 11.0. The molecule has 1 aromatic carbocycles. The summed E-state index contributed by atoms with van der Waals surface area (Å²) in [6.45, 7) is 3.09. The summed E-state index contributed by atoms with van der Waals surface area (Å²) in [4.78, 5) is 14.9. The number of aromatic carboxylic acids is 1. The van der Waals surface area contributed by atoms with Crippen molar-refractivity contribution in [2.45, 2.75) is 18.7 Å². The molecule has 0 saturated carbocycles. The summed E-state index contributed by atoms with van der Waals surface area (Å²) in [5.41, 5.74) is 0.673. The number of hydrogen-bond acceptors (Lipinski definition) is 5. The van der Waals surface area contributed by atoms with Gasteiger partial charge < -0.3 is 5.11 Å². The molecule has 0 spiro atoms. The number of nitrogens with one attached hydrogen (secondary N) is 1. The first-order valence-electron chi connectivity index (χ1n) is 5.71. The molecular weight excluding hydrogens is 336 g/mol. The van der Waals surface area contributed by atoms with Gasteiger partial charge in [0.1, 0.15) is 4.88 Å². The highest BCUT2D eigenvalue weighted by Gasteiger charge is 2.22. The van der Waals surface area contributed by atoms with Gasteiger partial charge in [0.15, 0.2) is 5.13 Å². The Labute approximate surface area is 130 Å². The second kappa shape index (κ2) is 5.63. The van der Waals surface area contributed by atoms with Crippen molar-refractivity contribution >= 4 is 44.1 Å². The molecule has 0 amide bonds. The van der Waals surface area contributed by atoms with Gasteiger partial charge in [-0.1, -0.05) is 29.0 Å². The van der Waals surface area contributed by atoms with Gasteiger partial charge >= 0.3 is 5.97 Å². The number of aryl methyl sites for hydroxylation is 1. The molecule has 2 aromatic rings. The topological polar surface area (TPSA) is 96.4 Å². The van der Waals surface area contributed by atoms with E-state index in [1.54, 1.807) is 13.0 Å². The lowest BCUT2D eigenvalue weighted by atomic mass is 10.2. The summed E-state index contributed by atoms with van der Waals surface area (Å²) < 4.78 is 26.9. The third kappa shape index (κ3) is 3.17. The maximum atomic E-state index is 12.3. The minimum Gasteiger partial charge on any atom is -0.477 e. The van der Waals surface area contributed by atoms with Gasteiger partial charge in [0, 0.05) is 5.02 Å². The number of aromatic nitrogens is 1. The van der Waals surface area contributed by atoms with Crippen LogP contribution in [0, 0.1) is 13.8 Å². The molecule has 0 radical (unpaired) electrons. The Morgan fingerprint density at radius 1 is 1.38 bits per heavy atom. The van der Waals surface area contributed by atoms with Crippen LogP contribution < -0.4 is 4.72 Å². The molecule has 0 fully saturated rings. The molecule has 1 aromatic heterocycles. The third-order valence-electron chi connectivity index (χ3n) is 2.72. The van der Waals surface area contributed by atoms with Crippen LogP contribution in [0.2, 0.25) is 5.02 Å². The van der Waals surface area contributed by atoms with Crippen LogP contribution >= 0.6 is 22.9 Å². The quantitative estimate of drug-likeness (QED) is 0.887. The molecule has 0 unspecified atom stereocenters. The fourth-order valence-electron chi connectivity index (χ4n) is 1.69. The molecular formula is C12H11ClN2O4S2. The van der Waals surface area contributed by atoms with E-state index in [0.29, 0.717) is 10.6 Å². The molecule has 21 heavy (non-hydrogen) atoms. The summed E-state index contributed by atoms with van der Waals surface area (Å²) in [5.74, 6) is -1.14. The van der Waals surface area contributed by atoms with Gasteiger partial charge in [-0.15, -0.1) is 0 Å². The molecule has 0 atom stereocenters. The Balaban J connectivity index is 2.40. The van der Waals surface area contributed by atoms with E-state index < -0.39 is 16.0 Å². The molecule has 2 N–H and O–H groups in total. The number of rotatable bonds is 4. The van der Waals surface area contributed by atoms with Crippen LogP contribution in [-0.2, 0) is 10.0 Å². The number of benzene rings is 1. The zero-order valence-corrected chi connectivity index (χ0v) is 13.4. The smallest absolute Gasteiger partial charge is 0.347 e. The Kier molecular flexibility index (Phi) is 4.22. The van der Waals surface area contributed by atoms with Crippen LogP contribution in [0.4, 0.5) is 5.13 Å². The van der Waals surface area contributed by atoms with Crippen LogP contribution in [0.15, 0.2) is 23.1 Å². The van der Waals surface area contributed by atoms with Gasteiger partial charge in [0.05, 0.1) is 10.6 Å². The number of hydrogen-bond donors (Lipinski definition) is 2. The second-order valence-corrected chi connectivity index (χ2v) is 7.26. The molecule has 0 bridgehead atoms. The maximum Gasteiger partial charge on any atom is 0.347 e. The number of sulfonamides is 1. The Morgan fingerprint density at radius 2 is 2.05 bits per heavy atom. The van der Waals surface area contributed by atoms with Gasteiger partial charge in [-0.05, 0) is 31.5 Å². The van der Waals surface area contributed by atoms with E-state index in [9.17, 15) is 13.2 Å². The van der Waals surface area contributed by atoms with E-state index in [-0.39, 0.29) is 20.6 Å². The van der Waals surface area contributed by atoms with Crippen molar-refractivity contribution in [1.82, 2.24) is 4.98 Å². The van der Waals surface area contributed by atoms with E-state index in [4.69, 9.17) is 16.7 Å². The number of carbonyl (C=O) groups is 1. The highest BCUT2D eigenvalue weighted by molar-refractivity contribution is 7.93. The average Bonchev–Trinajstić information content (AvgIpc) is 2.72. The molecule has 6 nitrogen and oxygen atoms in total. The van der Waals surface area contributed by atoms with Crippen LogP contribution in [0.3, 0.4) is 0 Å². The largest absolute Gasteiger partial charge is 0.477 e. The Morgan fingerprint density at radius 3 is 2.62 bits per heavy atom. The van der Waals surface area contributed by atoms with E-state index in [1.165, 1.54) is 19.1 Å². The van der Waals surface area contributed by atoms with Gasteiger partial charge in [0.25, 0.3) is 10.0 Å². The third-order valence-corrected chi connectivity index (χ3v) is 5.80. The highest BCUT2D eigenvalue weighted by atomic mass is 35.5. The molecule has 2 rings (SSSR count). The number of carboxylic acid groups (broad SMARTS) is 1. The monoisotopic (exact) mass is 346 g/mol. The maximum absolute atomic E-state index is 12.3. The van der Waals surface area contributed by atoms with Crippen molar-refractivity contribution < 1.29 is 18.3 Å². The Hall–Kier alpha value is -1.64. The molecule has 9 heteroatoms. The predicted octanol–water partition coefficient (Wildman–Crippen LogP) is 2.91. The summed E-state index contributed by atoms with van der Waals surface area (Å²) in [6.07, 6.45) is 0. The number of halogens is 1. The van der Waals surface area contributed by atoms with Crippen LogP contribution in [0.1, 0.15) is 20.9 Å². The van der Waals surface area contributed by atoms with Gasteiger partial charge in [0.2, 0.25) is 0 Å². The van der Waals surface area contributed by atoms with Crippen molar-refractivity contribution in [2.75, 3.05) is 4.72 Å². The van der Waals surface area contributed by atoms with E-state index in [0.717, 1.165) is 11.3 Å². The molecule has 0 aliphatic carbocycles. The van der Waals surface area contributed by atoms with E-state index in [2.05, 4.69) is 9.71 Å². The summed E-state index contributed by atoms with van der Waals surface area (Å²) in [6, 6.07) is 4.54. The van der Waals surface area contributed by atoms with Crippen molar-refractivity contribution in [3.8, 4) is 0 Å². The average molecular weight is 347 g/mol. The van der Waals surface area contributed by atoms with Crippen LogP contribution in [0.25, 0.3) is 0 Å². The number of anilines is 1. The van der Waals surface area contributed by atoms with E-state index >= 15 is 0 Å². The molecule has 0 saturated heterocycles. The van der Waals surface area contributed by atoms with Gasteiger partial charge in [-0.25, -0.2) is 18.2 Å². The predicted molar refractivity (Wildman–Crippen MR) is 80.8 cm³/mol. The van der Waals surface area contributed by atoms with Crippen molar-refractivity contribution in [1.29, 1.82) is 0 Å².